The summed E-state index contributed by atoms with van der Waals surface area (Å²) in [6, 6.07) is 1.44. The number of aromatic amines is 1. The van der Waals surface area contributed by atoms with Crippen molar-refractivity contribution in [3.05, 3.63) is 32.8 Å². The van der Waals surface area contributed by atoms with Crippen LogP contribution in [0.25, 0.3) is 22.3 Å². The van der Waals surface area contributed by atoms with Crippen LogP contribution in [-0.4, -0.2) is 63.3 Å². The number of nitrogen functional groups attached to an aromatic ring is 1. The first-order valence-electron chi connectivity index (χ1n) is 12.1. The van der Waals surface area contributed by atoms with E-state index in [1.165, 1.54) is 6.07 Å². The first-order valence-corrected chi connectivity index (χ1v) is 12.5. The molecule has 2 atom stereocenters. The number of hydrogen-bond donors (Lipinski definition) is 3. The van der Waals surface area contributed by atoms with E-state index >= 15 is 4.39 Å². The molecular weight excluding hydrogens is 492 g/mol. The third-order valence-corrected chi connectivity index (χ3v) is 7.81. The third kappa shape index (κ3) is 3.76. The van der Waals surface area contributed by atoms with Gasteiger partial charge >= 0.3 is 6.01 Å². The lowest BCUT2D eigenvalue weighted by atomic mass is 9.95. The summed E-state index contributed by atoms with van der Waals surface area (Å²) < 4.78 is 36.1. The number of nitrogens with one attached hydrogen (secondary N) is 2. The Balaban J connectivity index is 1.45. The van der Waals surface area contributed by atoms with E-state index in [-0.39, 0.29) is 52.5 Å². The number of nitrogens with two attached hydrogens (primary N) is 1. The number of H-pyrrole nitrogens is 1. The van der Waals surface area contributed by atoms with Crippen LogP contribution in [-0.2, 0) is 0 Å². The van der Waals surface area contributed by atoms with E-state index in [0.717, 1.165) is 32.2 Å². The van der Waals surface area contributed by atoms with Crippen molar-refractivity contribution in [2.75, 3.05) is 37.8 Å². The predicted molar refractivity (Wildman–Crippen MR) is 133 cm³/mol. The molecule has 3 fully saturated rings. The van der Waals surface area contributed by atoms with Crippen LogP contribution in [0.15, 0.2) is 10.9 Å². The van der Waals surface area contributed by atoms with Gasteiger partial charge in [-0.1, -0.05) is 11.6 Å². The van der Waals surface area contributed by atoms with Crippen LogP contribution in [0.3, 0.4) is 0 Å². The number of nitrogens with zero attached hydrogens (tertiary/aromatic N) is 4. The third-order valence-electron chi connectivity index (χ3n) is 7.50. The van der Waals surface area contributed by atoms with E-state index in [9.17, 15) is 9.18 Å². The van der Waals surface area contributed by atoms with Gasteiger partial charge in [0.1, 0.15) is 41.0 Å². The summed E-state index contributed by atoms with van der Waals surface area (Å²) in [5.41, 5.74) is 5.42. The average molecular weight is 518 g/mol. The number of anilines is 2. The largest absolute Gasteiger partial charge is 0.461 e. The van der Waals surface area contributed by atoms with Gasteiger partial charge < -0.3 is 20.8 Å². The monoisotopic (exact) mass is 517 g/mol. The number of halogens is 3. The fraction of sp³-hybridized carbons (Fsp3) is 0.500. The number of pyridine rings is 2. The van der Waals surface area contributed by atoms with E-state index in [2.05, 4.69) is 30.2 Å². The van der Waals surface area contributed by atoms with Gasteiger partial charge in [0.2, 0.25) is 0 Å². The van der Waals surface area contributed by atoms with E-state index in [1.807, 2.05) is 0 Å². The summed E-state index contributed by atoms with van der Waals surface area (Å²) in [6.45, 7) is 1.38. The fourth-order valence-corrected chi connectivity index (χ4v) is 6.07. The lowest BCUT2D eigenvalue weighted by Gasteiger charge is -2.30. The standard InChI is InChI=1S/C24H26ClF2N7O2/c1-29-21-16-18(32-23(33-21)36-10-24-5-2-6-34(24)9-12(26)8-24)17(27)20(31-22(16)35)19-15(11-3-4-11)13(25)7-14(28)30-19/h7,11-12H,2-6,8-10H2,1H3,(H2,28,30)(H,31,35)(H,29,32,33)/t12-,24+/m1/s1. The molecule has 190 valence electrons. The van der Waals surface area contributed by atoms with Crippen molar-refractivity contribution in [3.8, 4) is 17.4 Å². The van der Waals surface area contributed by atoms with Gasteiger partial charge in [0, 0.05) is 30.6 Å². The van der Waals surface area contributed by atoms with Crippen LogP contribution in [0, 0.1) is 5.82 Å². The summed E-state index contributed by atoms with van der Waals surface area (Å²) >= 11 is 6.44. The zero-order chi connectivity index (χ0) is 25.2. The van der Waals surface area contributed by atoms with Crippen molar-refractivity contribution in [3.63, 3.8) is 0 Å². The average Bonchev–Trinajstić information content (AvgIpc) is 3.52. The summed E-state index contributed by atoms with van der Waals surface area (Å²) in [4.78, 5) is 30.7. The molecular formula is C24H26ClF2N7O2. The molecule has 0 bridgehead atoms. The minimum atomic E-state index is -0.906. The van der Waals surface area contributed by atoms with Crippen molar-refractivity contribution in [2.24, 2.45) is 0 Å². The van der Waals surface area contributed by atoms with Gasteiger partial charge in [-0.25, -0.2) is 13.8 Å². The minimum Gasteiger partial charge on any atom is -0.461 e. The molecule has 4 N–H and O–H groups in total. The zero-order valence-corrected chi connectivity index (χ0v) is 20.5. The van der Waals surface area contributed by atoms with Gasteiger partial charge in [-0.2, -0.15) is 9.97 Å². The molecule has 9 nitrogen and oxygen atoms in total. The summed E-state index contributed by atoms with van der Waals surface area (Å²) in [6.07, 6.45) is 3.02. The summed E-state index contributed by atoms with van der Waals surface area (Å²) in [5, 5.41) is 3.17. The maximum Gasteiger partial charge on any atom is 0.319 e. The first kappa shape index (κ1) is 23.4. The van der Waals surface area contributed by atoms with Crippen molar-refractivity contribution in [2.45, 2.75) is 49.7 Å². The molecule has 3 aromatic rings. The number of rotatable bonds is 6. The molecule has 2 saturated heterocycles. The Hall–Kier alpha value is -3.05. The number of aromatic nitrogens is 4. The van der Waals surface area contributed by atoms with Crippen LogP contribution in [0.5, 0.6) is 6.01 Å². The Morgan fingerprint density at radius 3 is 2.92 bits per heavy atom. The van der Waals surface area contributed by atoms with E-state index in [1.54, 1.807) is 7.05 Å². The Labute approximate surface area is 210 Å². The second kappa shape index (κ2) is 8.52. The smallest absolute Gasteiger partial charge is 0.319 e. The Kier molecular flexibility index (Phi) is 5.52. The van der Waals surface area contributed by atoms with Crippen LogP contribution in [0.2, 0.25) is 5.02 Å². The molecule has 5 heterocycles. The van der Waals surface area contributed by atoms with Crippen LogP contribution < -0.4 is 21.3 Å². The van der Waals surface area contributed by atoms with Crippen molar-refractivity contribution in [1.82, 2.24) is 24.8 Å². The van der Waals surface area contributed by atoms with Gasteiger partial charge in [0.15, 0.2) is 5.82 Å². The van der Waals surface area contributed by atoms with Crippen LogP contribution in [0.1, 0.15) is 43.6 Å². The molecule has 1 aliphatic carbocycles. The van der Waals surface area contributed by atoms with Crippen LogP contribution >= 0.6 is 11.6 Å². The highest BCUT2D eigenvalue weighted by atomic mass is 35.5. The highest BCUT2D eigenvalue weighted by molar-refractivity contribution is 6.32. The van der Waals surface area contributed by atoms with Crippen molar-refractivity contribution >= 4 is 34.1 Å². The van der Waals surface area contributed by atoms with Gasteiger partial charge in [0.25, 0.3) is 5.56 Å². The SMILES string of the molecule is CNc1nc(OC[C@@]23CCCN2C[C@H](F)C3)nc2c(F)c(-c3nc(N)cc(Cl)c3C3CC3)[nH]c(=O)c12. The number of ether oxygens (including phenoxy) is 1. The number of alkyl halides is 1. The molecule has 3 aliphatic rings. The molecule has 6 rings (SSSR count). The maximum atomic E-state index is 16.0. The highest BCUT2D eigenvalue weighted by Crippen LogP contribution is 2.47. The molecule has 1 saturated carbocycles. The molecule has 0 spiro atoms. The van der Waals surface area contributed by atoms with Gasteiger partial charge in [-0.15, -0.1) is 0 Å². The fourth-order valence-electron chi connectivity index (χ4n) is 5.71. The first-order chi connectivity index (χ1) is 17.3. The van der Waals surface area contributed by atoms with E-state index in [4.69, 9.17) is 22.1 Å². The summed E-state index contributed by atoms with van der Waals surface area (Å²) in [5.74, 6) is -0.422. The van der Waals surface area contributed by atoms with Gasteiger partial charge in [-0.05, 0) is 44.2 Å². The lowest BCUT2D eigenvalue weighted by Crippen LogP contribution is -2.43. The number of hydrogen-bond acceptors (Lipinski definition) is 8. The maximum absolute atomic E-state index is 16.0. The minimum absolute atomic E-state index is 0.0422. The molecule has 12 heteroatoms. The molecule has 0 unspecified atom stereocenters. The molecule has 0 amide bonds. The van der Waals surface area contributed by atoms with E-state index in [0.29, 0.717) is 23.6 Å². The van der Waals surface area contributed by atoms with Crippen LogP contribution in [0.4, 0.5) is 20.4 Å². The second-order valence-corrected chi connectivity index (χ2v) is 10.3. The Bertz CT molecular complexity index is 1430. The van der Waals surface area contributed by atoms with Crippen molar-refractivity contribution < 1.29 is 13.5 Å². The molecule has 36 heavy (non-hydrogen) atoms. The van der Waals surface area contributed by atoms with Gasteiger partial charge in [0.05, 0.1) is 11.2 Å². The Morgan fingerprint density at radius 1 is 1.36 bits per heavy atom. The normalized spacial score (nSPS) is 23.8. The lowest BCUT2D eigenvalue weighted by molar-refractivity contribution is 0.107. The molecule has 0 radical (unpaired) electrons. The van der Waals surface area contributed by atoms with Gasteiger partial charge in [-0.3, -0.25) is 9.69 Å². The molecule has 2 aliphatic heterocycles. The van der Waals surface area contributed by atoms with E-state index < -0.39 is 23.1 Å². The predicted octanol–water partition coefficient (Wildman–Crippen LogP) is 3.63. The molecule has 3 aromatic heterocycles. The highest BCUT2D eigenvalue weighted by Gasteiger charge is 2.49. The second-order valence-electron chi connectivity index (χ2n) is 9.90. The number of fused-ring (bicyclic) bond motifs is 2. The molecule has 0 aromatic carbocycles. The van der Waals surface area contributed by atoms with Crippen molar-refractivity contribution in [1.29, 1.82) is 0 Å². The quantitative estimate of drug-likeness (QED) is 0.453. The topological polar surface area (TPSA) is 122 Å². The summed E-state index contributed by atoms with van der Waals surface area (Å²) in [7, 11) is 1.57. The Morgan fingerprint density at radius 2 is 2.17 bits per heavy atom. The zero-order valence-electron chi connectivity index (χ0n) is 19.7.